The van der Waals surface area contributed by atoms with Gasteiger partial charge in [-0.3, -0.25) is 9.59 Å². The number of rotatable bonds is 5. The quantitative estimate of drug-likeness (QED) is 0.387. The number of hydrogen-bond donors (Lipinski definition) is 3. The first-order valence-corrected chi connectivity index (χ1v) is 9.07. The summed E-state index contributed by atoms with van der Waals surface area (Å²) in [5.41, 5.74) is 5.69. The lowest BCUT2D eigenvalue weighted by Crippen LogP contribution is -2.45. The number of nitrogen functional groups attached to an aromatic ring is 1. The molecule has 1 aliphatic rings. The van der Waals surface area contributed by atoms with Gasteiger partial charge in [-0.1, -0.05) is 29.3 Å². The molecular formula is C16H18Cl3N5O2. The molecule has 2 amide bonds. The summed E-state index contributed by atoms with van der Waals surface area (Å²) in [6, 6.07) is 1.24. The topological polar surface area (TPSA) is 110 Å². The van der Waals surface area contributed by atoms with Crippen LogP contribution in [-0.2, 0) is 4.79 Å². The van der Waals surface area contributed by atoms with Crippen LogP contribution in [0.3, 0.4) is 0 Å². The van der Waals surface area contributed by atoms with Gasteiger partial charge >= 0.3 is 0 Å². The molecule has 1 aromatic heterocycles. The summed E-state index contributed by atoms with van der Waals surface area (Å²) < 4.78 is 0.0694. The number of nitrogens with two attached hydrogens (primary N) is 1. The van der Waals surface area contributed by atoms with Crippen LogP contribution in [0.25, 0.3) is 0 Å². The number of anilines is 1. The number of nitrogens with zero attached hydrogens (tertiary/aromatic N) is 2. The lowest BCUT2D eigenvalue weighted by atomic mass is 9.91. The Morgan fingerprint density at radius 1 is 1.19 bits per heavy atom. The van der Waals surface area contributed by atoms with Crippen LogP contribution in [0.1, 0.15) is 36.2 Å². The van der Waals surface area contributed by atoms with E-state index in [0.717, 1.165) is 19.3 Å². The van der Waals surface area contributed by atoms with Gasteiger partial charge in [-0.2, -0.15) is 0 Å². The van der Waals surface area contributed by atoms with Crippen molar-refractivity contribution in [2.24, 2.45) is 0 Å². The van der Waals surface area contributed by atoms with Crippen LogP contribution in [0.5, 0.6) is 0 Å². The van der Waals surface area contributed by atoms with Crippen molar-refractivity contribution in [2.45, 2.75) is 37.8 Å². The van der Waals surface area contributed by atoms with Gasteiger partial charge in [0.05, 0.1) is 0 Å². The summed E-state index contributed by atoms with van der Waals surface area (Å²) in [5.74, 6) is -0.496. The number of hydrogen-bond acceptors (Lipinski definition) is 5. The van der Waals surface area contributed by atoms with Crippen LogP contribution in [-0.4, -0.2) is 33.9 Å². The molecule has 0 aromatic carbocycles. The van der Waals surface area contributed by atoms with E-state index in [1.807, 2.05) is 0 Å². The lowest BCUT2D eigenvalue weighted by Gasteiger charge is -2.30. The van der Waals surface area contributed by atoms with Crippen LogP contribution < -0.4 is 16.4 Å². The Kier molecular flexibility index (Phi) is 7.68. The number of halogens is 3. The van der Waals surface area contributed by atoms with Crippen molar-refractivity contribution < 1.29 is 9.59 Å². The van der Waals surface area contributed by atoms with Gasteiger partial charge in [0.15, 0.2) is 0 Å². The standard InChI is InChI=1S/C16H18Cl3N5O2/c17-12(18)5-2-6-14(25)21-9-3-1-4-10(7-9)22-15(26)11-8-13(20)24-16(19)23-11/h2,5-6,8-10H,1,3-4,7H2,(H,21,25)(H,22,26)(H2,20,23,24)/b6-2+/t9-,10+/m0/s1. The summed E-state index contributed by atoms with van der Waals surface area (Å²) in [6.07, 6.45) is 7.36. The third-order valence-corrected chi connectivity index (χ3v) is 4.20. The second kappa shape index (κ2) is 9.75. The Morgan fingerprint density at radius 3 is 2.54 bits per heavy atom. The fourth-order valence-electron chi connectivity index (χ4n) is 2.72. The Labute approximate surface area is 166 Å². The van der Waals surface area contributed by atoms with Crippen molar-refractivity contribution in [2.75, 3.05) is 5.73 Å². The molecular weight excluding hydrogens is 401 g/mol. The van der Waals surface area contributed by atoms with Crippen molar-refractivity contribution in [1.29, 1.82) is 0 Å². The van der Waals surface area contributed by atoms with E-state index in [-0.39, 0.29) is 45.2 Å². The average molecular weight is 419 g/mol. The van der Waals surface area contributed by atoms with E-state index < -0.39 is 0 Å². The monoisotopic (exact) mass is 417 g/mol. The van der Waals surface area contributed by atoms with Gasteiger partial charge < -0.3 is 16.4 Å². The van der Waals surface area contributed by atoms with E-state index in [2.05, 4.69) is 20.6 Å². The zero-order chi connectivity index (χ0) is 19.1. The highest BCUT2D eigenvalue weighted by atomic mass is 35.5. The highest BCUT2D eigenvalue weighted by Gasteiger charge is 2.25. The molecule has 0 bridgehead atoms. The number of carbonyl (C=O) groups excluding carboxylic acids is 2. The fourth-order valence-corrected chi connectivity index (χ4v) is 3.05. The third-order valence-electron chi connectivity index (χ3n) is 3.78. The second-order valence-corrected chi connectivity index (χ2v) is 7.15. The summed E-state index contributed by atoms with van der Waals surface area (Å²) in [4.78, 5) is 31.8. The molecule has 0 spiro atoms. The molecule has 10 heteroatoms. The highest BCUT2D eigenvalue weighted by Crippen LogP contribution is 2.19. The van der Waals surface area contributed by atoms with Gasteiger partial charge in [-0.05, 0) is 43.4 Å². The van der Waals surface area contributed by atoms with Crippen molar-refractivity contribution in [3.8, 4) is 0 Å². The fraction of sp³-hybridized carbons (Fsp3) is 0.375. The molecule has 0 unspecified atom stereocenters. The molecule has 26 heavy (non-hydrogen) atoms. The van der Waals surface area contributed by atoms with Gasteiger partial charge in [-0.15, -0.1) is 0 Å². The molecule has 0 aliphatic heterocycles. The van der Waals surface area contributed by atoms with Crippen molar-refractivity contribution >= 4 is 52.4 Å². The van der Waals surface area contributed by atoms with E-state index in [4.69, 9.17) is 40.5 Å². The van der Waals surface area contributed by atoms with Crippen LogP contribution in [0, 0.1) is 0 Å². The number of carbonyl (C=O) groups is 2. The minimum absolute atomic E-state index is 0.0410. The van der Waals surface area contributed by atoms with E-state index in [1.54, 1.807) is 0 Å². The van der Waals surface area contributed by atoms with Crippen LogP contribution in [0.15, 0.2) is 28.8 Å². The minimum atomic E-state index is -0.375. The number of amides is 2. The Morgan fingerprint density at radius 2 is 1.88 bits per heavy atom. The molecule has 1 heterocycles. The molecule has 2 rings (SSSR count). The summed E-state index contributed by atoms with van der Waals surface area (Å²) >= 11 is 16.7. The molecule has 1 fully saturated rings. The van der Waals surface area contributed by atoms with E-state index in [1.165, 1.54) is 24.3 Å². The molecule has 1 aromatic rings. The Balaban J connectivity index is 1.89. The molecule has 1 aliphatic carbocycles. The third kappa shape index (κ3) is 6.82. The maximum atomic E-state index is 12.3. The highest BCUT2D eigenvalue weighted by molar-refractivity contribution is 6.56. The van der Waals surface area contributed by atoms with E-state index in [9.17, 15) is 9.59 Å². The molecule has 0 saturated heterocycles. The van der Waals surface area contributed by atoms with Gasteiger partial charge in [0.1, 0.15) is 16.0 Å². The molecule has 7 nitrogen and oxygen atoms in total. The van der Waals surface area contributed by atoms with Crippen molar-refractivity contribution in [3.05, 3.63) is 39.8 Å². The first-order valence-electron chi connectivity index (χ1n) is 7.94. The summed E-state index contributed by atoms with van der Waals surface area (Å²) in [6.45, 7) is 0. The maximum Gasteiger partial charge on any atom is 0.270 e. The van der Waals surface area contributed by atoms with Gasteiger partial charge in [0.2, 0.25) is 11.2 Å². The SMILES string of the molecule is Nc1cc(C(=O)N[C@@H]2CCC[C@H](NC(=O)/C=C/C=C(Cl)Cl)C2)nc(Cl)n1. The predicted octanol–water partition coefficient (Wildman–Crippen LogP) is 2.74. The largest absolute Gasteiger partial charge is 0.384 e. The van der Waals surface area contributed by atoms with Gasteiger partial charge in [0.25, 0.3) is 5.91 Å². The second-order valence-electron chi connectivity index (χ2n) is 5.81. The molecule has 0 radical (unpaired) electrons. The van der Waals surface area contributed by atoms with Crippen LogP contribution in [0.2, 0.25) is 5.28 Å². The van der Waals surface area contributed by atoms with Crippen molar-refractivity contribution in [3.63, 3.8) is 0 Å². The number of allylic oxidation sites excluding steroid dienone is 2. The molecule has 2 atom stereocenters. The smallest absolute Gasteiger partial charge is 0.270 e. The zero-order valence-electron chi connectivity index (χ0n) is 13.7. The molecule has 1 saturated carbocycles. The normalized spacial score (nSPS) is 19.8. The average Bonchev–Trinajstić information content (AvgIpc) is 2.53. The van der Waals surface area contributed by atoms with E-state index >= 15 is 0 Å². The lowest BCUT2D eigenvalue weighted by molar-refractivity contribution is -0.117. The van der Waals surface area contributed by atoms with Crippen molar-refractivity contribution in [1.82, 2.24) is 20.6 Å². The van der Waals surface area contributed by atoms with Crippen LogP contribution in [0.4, 0.5) is 5.82 Å². The van der Waals surface area contributed by atoms with E-state index in [0.29, 0.717) is 6.42 Å². The summed E-state index contributed by atoms with van der Waals surface area (Å²) in [7, 11) is 0. The minimum Gasteiger partial charge on any atom is -0.384 e. The first-order chi connectivity index (χ1) is 12.3. The van der Waals surface area contributed by atoms with Crippen LogP contribution >= 0.6 is 34.8 Å². The zero-order valence-corrected chi connectivity index (χ0v) is 16.0. The molecule has 4 N–H and O–H groups in total. The van der Waals surface area contributed by atoms with Gasteiger partial charge in [-0.25, -0.2) is 9.97 Å². The summed E-state index contributed by atoms with van der Waals surface area (Å²) in [5, 5.41) is 5.71. The number of aromatic nitrogens is 2. The first kappa shape index (κ1) is 20.5. The maximum absolute atomic E-state index is 12.3. The Hall–Kier alpha value is -1.83. The number of nitrogens with one attached hydrogen (secondary N) is 2. The predicted molar refractivity (Wildman–Crippen MR) is 102 cm³/mol. The Bertz CT molecular complexity index is 714. The molecule has 140 valence electrons. The van der Waals surface area contributed by atoms with Gasteiger partial charge in [0, 0.05) is 24.2 Å².